The summed E-state index contributed by atoms with van der Waals surface area (Å²) in [6, 6.07) is 12.5. The van der Waals surface area contributed by atoms with E-state index in [9.17, 15) is 24.0 Å². The molecule has 40 heavy (non-hydrogen) atoms. The van der Waals surface area contributed by atoms with Crippen LogP contribution in [0.4, 0.5) is 14.4 Å². The van der Waals surface area contributed by atoms with Crippen LogP contribution < -0.4 is 11.1 Å². The second-order valence-corrected chi connectivity index (χ2v) is 9.62. The van der Waals surface area contributed by atoms with Crippen molar-refractivity contribution in [2.45, 2.75) is 24.9 Å². The van der Waals surface area contributed by atoms with E-state index in [2.05, 4.69) is 10.1 Å². The molecule has 212 valence electrons. The number of β-lactam (4-membered cyclic amide) rings is 1. The fourth-order valence-electron chi connectivity index (χ4n) is 4.07. The molecule has 4 rings (SSSR count). The van der Waals surface area contributed by atoms with Crippen LogP contribution in [0.25, 0.3) is 10.8 Å². The SMILES string of the molecule is CCOC(=O)OCCOC(=O)C1=C(COC(N)=O)CS[C@@H]2C(NC(=O)OCc3ccc4ccccc4c3)C(=O)N12. The lowest BCUT2D eigenvalue weighted by Crippen LogP contribution is -2.70. The van der Waals surface area contributed by atoms with Gasteiger partial charge in [0.1, 0.15) is 43.5 Å². The summed E-state index contributed by atoms with van der Waals surface area (Å²) in [7, 11) is 0. The average Bonchev–Trinajstić information content (AvgIpc) is 2.95. The molecule has 1 unspecified atom stereocenters. The summed E-state index contributed by atoms with van der Waals surface area (Å²) >= 11 is 1.25. The number of nitrogens with two attached hydrogens (primary N) is 1. The van der Waals surface area contributed by atoms with E-state index in [1.165, 1.54) is 11.8 Å². The van der Waals surface area contributed by atoms with Crippen molar-refractivity contribution in [1.82, 2.24) is 10.2 Å². The highest BCUT2D eigenvalue weighted by atomic mass is 32.2. The number of nitrogens with one attached hydrogen (secondary N) is 1. The van der Waals surface area contributed by atoms with E-state index in [1.807, 2.05) is 42.5 Å². The van der Waals surface area contributed by atoms with Gasteiger partial charge in [0.05, 0.1) is 6.61 Å². The van der Waals surface area contributed by atoms with Crippen LogP contribution in [0, 0.1) is 0 Å². The van der Waals surface area contributed by atoms with E-state index < -0.39 is 41.6 Å². The lowest BCUT2D eigenvalue weighted by atomic mass is 10.0. The summed E-state index contributed by atoms with van der Waals surface area (Å²) < 4.78 is 24.7. The van der Waals surface area contributed by atoms with Gasteiger partial charge in [-0.3, -0.25) is 9.69 Å². The van der Waals surface area contributed by atoms with Crippen LogP contribution in [0.1, 0.15) is 12.5 Å². The third-order valence-electron chi connectivity index (χ3n) is 5.88. The first-order chi connectivity index (χ1) is 19.3. The largest absolute Gasteiger partial charge is 0.508 e. The highest BCUT2D eigenvalue weighted by Crippen LogP contribution is 2.40. The van der Waals surface area contributed by atoms with Gasteiger partial charge in [-0.1, -0.05) is 36.4 Å². The zero-order valence-electron chi connectivity index (χ0n) is 21.5. The first-order valence-electron chi connectivity index (χ1n) is 12.2. The maximum Gasteiger partial charge on any atom is 0.508 e. The van der Waals surface area contributed by atoms with Gasteiger partial charge in [0, 0.05) is 11.3 Å². The van der Waals surface area contributed by atoms with Crippen molar-refractivity contribution in [3.05, 3.63) is 59.3 Å². The molecule has 0 saturated carbocycles. The monoisotopic (exact) mass is 573 g/mol. The van der Waals surface area contributed by atoms with Crippen LogP contribution in [0.5, 0.6) is 0 Å². The molecule has 0 spiro atoms. The molecular weight excluding hydrogens is 546 g/mol. The van der Waals surface area contributed by atoms with Crippen LogP contribution in [0.3, 0.4) is 0 Å². The molecule has 0 bridgehead atoms. The van der Waals surface area contributed by atoms with Crippen molar-refractivity contribution in [3.8, 4) is 0 Å². The lowest BCUT2D eigenvalue weighted by Gasteiger charge is -2.49. The molecule has 2 aliphatic heterocycles. The number of primary amides is 1. The number of esters is 1. The molecule has 2 aromatic carbocycles. The number of hydrogen-bond donors (Lipinski definition) is 2. The topological polar surface area (TPSA) is 173 Å². The maximum absolute atomic E-state index is 13.0. The molecule has 2 heterocycles. The molecule has 13 nitrogen and oxygen atoms in total. The second kappa shape index (κ2) is 13.1. The summed E-state index contributed by atoms with van der Waals surface area (Å²) in [5.41, 5.74) is 5.99. The van der Waals surface area contributed by atoms with Gasteiger partial charge in [0.25, 0.3) is 5.91 Å². The molecule has 1 saturated heterocycles. The Bertz CT molecular complexity index is 1350. The van der Waals surface area contributed by atoms with Gasteiger partial charge in [-0.05, 0) is 29.3 Å². The summed E-state index contributed by atoms with van der Waals surface area (Å²) in [6.07, 6.45) is -2.76. The summed E-state index contributed by atoms with van der Waals surface area (Å²) in [5, 5.41) is 3.98. The highest BCUT2D eigenvalue weighted by molar-refractivity contribution is 8.00. The number of rotatable bonds is 10. The Kier molecular flexibility index (Phi) is 9.32. The number of carbonyl (C=O) groups excluding carboxylic acids is 5. The molecule has 2 aliphatic rings. The smallest absolute Gasteiger partial charge is 0.457 e. The number of alkyl carbamates (subject to hydrolysis) is 1. The van der Waals surface area contributed by atoms with E-state index >= 15 is 0 Å². The second-order valence-electron chi connectivity index (χ2n) is 8.52. The van der Waals surface area contributed by atoms with E-state index in [0.29, 0.717) is 5.57 Å². The fraction of sp³-hybridized carbons (Fsp3) is 0.346. The third-order valence-corrected chi connectivity index (χ3v) is 7.22. The number of benzene rings is 2. The van der Waals surface area contributed by atoms with Gasteiger partial charge in [-0.2, -0.15) is 0 Å². The minimum absolute atomic E-state index is 0.000938. The number of fused-ring (bicyclic) bond motifs is 2. The summed E-state index contributed by atoms with van der Waals surface area (Å²) in [5.74, 6) is -1.28. The van der Waals surface area contributed by atoms with E-state index in [-0.39, 0.29) is 44.5 Å². The quantitative estimate of drug-likeness (QED) is 0.185. The Morgan fingerprint density at radius 1 is 0.975 bits per heavy atom. The number of hydrogen-bond acceptors (Lipinski definition) is 11. The van der Waals surface area contributed by atoms with E-state index in [1.54, 1.807) is 6.92 Å². The number of nitrogens with zero attached hydrogens (tertiary/aromatic N) is 1. The third kappa shape index (κ3) is 6.75. The van der Waals surface area contributed by atoms with Gasteiger partial charge in [0.2, 0.25) is 0 Å². The van der Waals surface area contributed by atoms with Gasteiger partial charge < -0.3 is 34.7 Å². The first kappa shape index (κ1) is 28.5. The predicted octanol–water partition coefficient (Wildman–Crippen LogP) is 2.42. The number of thioether (sulfide) groups is 1. The molecule has 3 N–H and O–H groups in total. The van der Waals surface area contributed by atoms with Crippen molar-refractivity contribution in [3.63, 3.8) is 0 Å². The van der Waals surface area contributed by atoms with Gasteiger partial charge in [0.15, 0.2) is 0 Å². The Labute approximate surface area is 232 Å². The predicted molar refractivity (Wildman–Crippen MR) is 141 cm³/mol. The zero-order chi connectivity index (χ0) is 28.6. The minimum Gasteiger partial charge on any atom is -0.457 e. The molecule has 3 amide bonds. The standard InChI is InChI=1S/C26H27N3O10S/c1-2-35-26(34)37-10-9-36-23(31)20-18(13-38-24(27)32)14-40-22-19(21(30)29(20)22)28-25(33)39-12-15-7-8-16-5-3-4-6-17(16)11-15/h3-8,11,19,22H,2,9-10,12-14H2,1H3,(H2,27,32)(H,28,33)/t19?,22-/m1/s1. The minimum atomic E-state index is -1.06. The molecule has 0 radical (unpaired) electrons. The Morgan fingerprint density at radius 2 is 1.73 bits per heavy atom. The maximum atomic E-state index is 13.0. The van der Waals surface area contributed by atoms with Crippen LogP contribution in [-0.2, 0) is 39.9 Å². The van der Waals surface area contributed by atoms with Crippen molar-refractivity contribution >= 4 is 52.8 Å². The van der Waals surface area contributed by atoms with Gasteiger partial charge in [-0.15, -0.1) is 11.8 Å². The molecule has 0 aromatic heterocycles. The van der Waals surface area contributed by atoms with Crippen LogP contribution >= 0.6 is 11.8 Å². The highest BCUT2D eigenvalue weighted by Gasteiger charge is 2.54. The van der Waals surface area contributed by atoms with Crippen LogP contribution in [-0.4, -0.2) is 78.7 Å². The number of ether oxygens (including phenoxy) is 5. The van der Waals surface area contributed by atoms with Crippen molar-refractivity contribution in [2.75, 3.05) is 32.2 Å². The molecule has 1 fully saturated rings. The van der Waals surface area contributed by atoms with Gasteiger partial charge >= 0.3 is 24.3 Å². The Balaban J connectivity index is 1.36. The first-order valence-corrected chi connectivity index (χ1v) is 13.3. The molecular formula is C26H27N3O10S. The van der Waals surface area contributed by atoms with Crippen LogP contribution in [0.15, 0.2) is 53.7 Å². The van der Waals surface area contributed by atoms with Crippen molar-refractivity contribution in [1.29, 1.82) is 0 Å². The van der Waals surface area contributed by atoms with E-state index in [4.69, 9.17) is 24.7 Å². The summed E-state index contributed by atoms with van der Waals surface area (Å²) in [6.45, 7) is 0.806. The number of amides is 3. The zero-order valence-corrected chi connectivity index (χ0v) is 22.3. The summed E-state index contributed by atoms with van der Waals surface area (Å²) in [4.78, 5) is 62.0. The molecule has 14 heteroatoms. The van der Waals surface area contributed by atoms with Gasteiger partial charge in [-0.25, -0.2) is 19.2 Å². The van der Waals surface area contributed by atoms with Crippen molar-refractivity contribution < 1.29 is 47.7 Å². The van der Waals surface area contributed by atoms with E-state index in [0.717, 1.165) is 21.2 Å². The Hall–Kier alpha value is -4.46. The normalized spacial score (nSPS) is 17.8. The average molecular weight is 574 g/mol. The van der Waals surface area contributed by atoms with Crippen LogP contribution in [0.2, 0.25) is 0 Å². The molecule has 0 aliphatic carbocycles. The fourth-order valence-corrected chi connectivity index (χ4v) is 5.40. The Morgan fingerprint density at radius 3 is 2.48 bits per heavy atom. The van der Waals surface area contributed by atoms with Crippen molar-refractivity contribution in [2.24, 2.45) is 5.73 Å². The molecule has 2 aromatic rings. The lowest BCUT2D eigenvalue weighted by molar-refractivity contribution is -0.152. The molecule has 2 atom stereocenters. The number of carbonyl (C=O) groups is 5.